The lowest BCUT2D eigenvalue weighted by molar-refractivity contribution is 0.00333. The molecular formula is C23H31ClN6O3. The van der Waals surface area contributed by atoms with Crippen LogP contribution in [0.15, 0.2) is 24.4 Å². The van der Waals surface area contributed by atoms with Crippen LogP contribution in [0.2, 0.25) is 0 Å². The molecular weight excluding hydrogens is 444 g/mol. The zero-order chi connectivity index (χ0) is 22.1. The Kier molecular flexibility index (Phi) is 7.33. The second-order valence-corrected chi connectivity index (χ2v) is 8.54. The van der Waals surface area contributed by atoms with Gasteiger partial charge in [-0.2, -0.15) is 15.1 Å². The summed E-state index contributed by atoms with van der Waals surface area (Å²) in [5.41, 5.74) is 3.74. The molecule has 10 heteroatoms. The van der Waals surface area contributed by atoms with Gasteiger partial charge >= 0.3 is 6.01 Å². The number of benzene rings is 1. The lowest BCUT2D eigenvalue weighted by Gasteiger charge is -2.33. The van der Waals surface area contributed by atoms with E-state index in [0.717, 1.165) is 42.7 Å². The van der Waals surface area contributed by atoms with E-state index in [0.29, 0.717) is 37.4 Å². The molecule has 5 rings (SSSR count). The fourth-order valence-electron chi connectivity index (χ4n) is 4.76. The topological polar surface area (TPSA) is 97.6 Å². The number of hydrogen-bond acceptors (Lipinski definition) is 8. The van der Waals surface area contributed by atoms with Gasteiger partial charge in [0, 0.05) is 24.5 Å². The number of halogens is 1. The number of piperidine rings is 1. The van der Waals surface area contributed by atoms with Gasteiger partial charge < -0.3 is 24.8 Å². The summed E-state index contributed by atoms with van der Waals surface area (Å²) in [7, 11) is 1.57. The van der Waals surface area contributed by atoms with Crippen molar-refractivity contribution in [2.75, 3.05) is 51.4 Å². The van der Waals surface area contributed by atoms with Crippen molar-refractivity contribution in [3.8, 4) is 11.8 Å². The van der Waals surface area contributed by atoms with Crippen LogP contribution in [0.1, 0.15) is 29.9 Å². The molecule has 178 valence electrons. The van der Waals surface area contributed by atoms with Gasteiger partial charge in [-0.15, -0.1) is 12.4 Å². The lowest BCUT2D eigenvalue weighted by atomic mass is 9.87. The number of nitrogens with zero attached hydrogens (tertiary/aromatic N) is 5. The monoisotopic (exact) mass is 474 g/mol. The summed E-state index contributed by atoms with van der Waals surface area (Å²) < 4.78 is 12.9. The predicted molar refractivity (Wildman–Crippen MR) is 129 cm³/mol. The van der Waals surface area contributed by atoms with Crippen molar-refractivity contribution in [1.82, 2.24) is 25.1 Å². The predicted octanol–water partition coefficient (Wildman–Crippen LogP) is 2.22. The number of aryl methyl sites for hydroxylation is 1. The number of fused-ring (bicyclic) bond motifs is 1. The molecule has 2 aromatic heterocycles. The van der Waals surface area contributed by atoms with Crippen LogP contribution in [-0.4, -0.2) is 77.5 Å². The molecule has 9 nitrogen and oxygen atoms in total. The van der Waals surface area contributed by atoms with Gasteiger partial charge in [-0.25, -0.2) is 4.68 Å². The molecule has 0 unspecified atom stereocenters. The van der Waals surface area contributed by atoms with E-state index < -0.39 is 0 Å². The molecule has 2 N–H and O–H groups in total. The highest BCUT2D eigenvalue weighted by atomic mass is 35.5. The van der Waals surface area contributed by atoms with E-state index in [1.54, 1.807) is 7.11 Å². The summed E-state index contributed by atoms with van der Waals surface area (Å²) in [4.78, 5) is 11.2. The molecule has 0 spiro atoms. The third kappa shape index (κ3) is 4.77. The summed E-state index contributed by atoms with van der Waals surface area (Å²) in [5.74, 6) is 1.96. The molecule has 2 aliphatic rings. The zero-order valence-electron chi connectivity index (χ0n) is 19.0. The Morgan fingerprint density at radius 2 is 1.97 bits per heavy atom. The molecule has 33 heavy (non-hydrogen) atoms. The minimum absolute atomic E-state index is 0. The quantitative estimate of drug-likeness (QED) is 0.581. The van der Waals surface area contributed by atoms with Crippen molar-refractivity contribution in [3.05, 3.63) is 35.5 Å². The first-order chi connectivity index (χ1) is 15.7. The van der Waals surface area contributed by atoms with Crippen molar-refractivity contribution in [1.29, 1.82) is 0 Å². The van der Waals surface area contributed by atoms with E-state index in [-0.39, 0.29) is 25.1 Å². The van der Waals surface area contributed by atoms with Crippen LogP contribution in [-0.2, 0) is 4.74 Å². The molecule has 0 aliphatic carbocycles. The first kappa shape index (κ1) is 23.7. The second-order valence-electron chi connectivity index (χ2n) is 8.54. The van der Waals surface area contributed by atoms with Crippen LogP contribution in [0.3, 0.4) is 0 Å². The van der Waals surface area contributed by atoms with Crippen LogP contribution < -0.4 is 15.0 Å². The van der Waals surface area contributed by atoms with Gasteiger partial charge in [-0.1, -0.05) is 0 Å². The third-order valence-electron chi connectivity index (χ3n) is 6.48. The summed E-state index contributed by atoms with van der Waals surface area (Å²) in [6.07, 6.45) is 3.96. The van der Waals surface area contributed by atoms with Crippen LogP contribution >= 0.6 is 12.4 Å². The Morgan fingerprint density at radius 1 is 1.18 bits per heavy atom. The summed E-state index contributed by atoms with van der Waals surface area (Å²) in [6, 6.07) is 6.72. The molecule has 3 aromatic rings. The van der Waals surface area contributed by atoms with Gasteiger partial charge in [-0.05, 0) is 62.0 Å². The molecule has 1 aromatic carbocycles. The number of hydrogen-bond donors (Lipinski definition) is 2. The molecule has 2 saturated heterocycles. The standard InChI is InChI=1S/C23H30N6O3.ClH/c1-15-9-17-12-25-29(20(17)10-19(15)16-3-5-24-6-4-16)22-11-21(26-23(27-22)31-2)28-7-8-32-18(13-28)14-30;/h9-12,16,18,24,30H,3-8,13-14H2,1-2H3;1H/t18-;/m0./s1. The SMILES string of the molecule is COc1nc(N2CCO[C@H](CO)C2)cc(-n2ncc3cc(C)c(C4CCNCC4)cc32)n1.Cl. The first-order valence-corrected chi connectivity index (χ1v) is 11.3. The van der Waals surface area contributed by atoms with E-state index in [1.807, 2.05) is 16.9 Å². The highest BCUT2D eigenvalue weighted by Crippen LogP contribution is 2.32. The van der Waals surface area contributed by atoms with Gasteiger partial charge in [0.05, 0.1) is 38.1 Å². The van der Waals surface area contributed by atoms with Crippen molar-refractivity contribution < 1.29 is 14.6 Å². The van der Waals surface area contributed by atoms with Crippen LogP contribution in [0.25, 0.3) is 16.7 Å². The number of rotatable bonds is 5. The Bertz CT molecular complexity index is 1100. The number of ether oxygens (including phenoxy) is 2. The number of nitrogens with one attached hydrogen (secondary N) is 1. The summed E-state index contributed by atoms with van der Waals surface area (Å²) in [5, 5.41) is 18.7. The minimum Gasteiger partial charge on any atom is -0.467 e. The molecule has 0 amide bonds. The normalized spacial score (nSPS) is 19.5. The molecule has 1 atom stereocenters. The largest absolute Gasteiger partial charge is 0.467 e. The smallest absolute Gasteiger partial charge is 0.320 e. The van der Waals surface area contributed by atoms with Gasteiger partial charge in [0.1, 0.15) is 5.82 Å². The molecule has 0 saturated carbocycles. The van der Waals surface area contributed by atoms with E-state index in [1.165, 1.54) is 11.1 Å². The molecule has 2 aliphatic heterocycles. The summed E-state index contributed by atoms with van der Waals surface area (Å²) in [6.45, 7) is 6.08. The molecule has 4 heterocycles. The highest BCUT2D eigenvalue weighted by molar-refractivity contribution is 5.85. The van der Waals surface area contributed by atoms with E-state index in [4.69, 9.17) is 9.47 Å². The van der Waals surface area contributed by atoms with Crippen molar-refractivity contribution >= 4 is 29.1 Å². The van der Waals surface area contributed by atoms with Crippen LogP contribution in [0, 0.1) is 6.92 Å². The van der Waals surface area contributed by atoms with Gasteiger partial charge in [0.2, 0.25) is 0 Å². The molecule has 0 bridgehead atoms. The lowest BCUT2D eigenvalue weighted by Crippen LogP contribution is -2.44. The number of aliphatic hydroxyl groups is 1. The molecule has 0 radical (unpaired) electrons. The van der Waals surface area contributed by atoms with Crippen molar-refractivity contribution in [3.63, 3.8) is 0 Å². The van der Waals surface area contributed by atoms with E-state index >= 15 is 0 Å². The first-order valence-electron chi connectivity index (χ1n) is 11.3. The molecule has 2 fully saturated rings. The fraction of sp³-hybridized carbons (Fsp3) is 0.522. The minimum atomic E-state index is -0.228. The Balaban J connectivity index is 0.00000259. The van der Waals surface area contributed by atoms with Crippen molar-refractivity contribution in [2.45, 2.75) is 31.8 Å². The number of morpholine rings is 1. The van der Waals surface area contributed by atoms with Gasteiger partial charge in [-0.3, -0.25) is 0 Å². The van der Waals surface area contributed by atoms with Crippen molar-refractivity contribution in [2.24, 2.45) is 0 Å². The number of aliphatic hydroxyl groups excluding tert-OH is 1. The second kappa shape index (κ2) is 10.2. The Labute approximate surface area is 199 Å². The van der Waals surface area contributed by atoms with Gasteiger partial charge in [0.15, 0.2) is 5.82 Å². The average molecular weight is 475 g/mol. The maximum absolute atomic E-state index is 9.51. The number of methoxy groups -OCH3 is 1. The summed E-state index contributed by atoms with van der Waals surface area (Å²) >= 11 is 0. The maximum atomic E-state index is 9.51. The van der Waals surface area contributed by atoms with Crippen LogP contribution in [0.5, 0.6) is 6.01 Å². The fourth-order valence-corrected chi connectivity index (χ4v) is 4.76. The highest BCUT2D eigenvalue weighted by Gasteiger charge is 2.23. The van der Waals surface area contributed by atoms with Crippen LogP contribution in [0.4, 0.5) is 5.82 Å². The third-order valence-corrected chi connectivity index (χ3v) is 6.48. The van der Waals surface area contributed by atoms with E-state index in [2.05, 4.69) is 44.3 Å². The zero-order valence-corrected chi connectivity index (χ0v) is 19.8. The maximum Gasteiger partial charge on any atom is 0.320 e. The average Bonchev–Trinajstić information content (AvgIpc) is 3.26. The number of anilines is 1. The van der Waals surface area contributed by atoms with E-state index in [9.17, 15) is 5.11 Å². The Morgan fingerprint density at radius 3 is 2.73 bits per heavy atom. The Hall–Kier alpha value is -2.46. The van der Waals surface area contributed by atoms with Gasteiger partial charge in [0.25, 0.3) is 0 Å². The number of aromatic nitrogens is 4.